The Morgan fingerprint density at radius 3 is 2.52 bits per heavy atom. The Balaban J connectivity index is 0.00000312. The Bertz CT molecular complexity index is 532. The number of ether oxygens (including phenoxy) is 1. The second kappa shape index (κ2) is 10.4. The first-order valence-electron chi connectivity index (χ1n) is 8.75. The molecule has 25 heavy (non-hydrogen) atoms. The van der Waals surface area contributed by atoms with E-state index < -0.39 is 6.04 Å². The average Bonchev–Trinajstić information content (AvgIpc) is 3.03. The number of carbonyl (C=O) groups excluding carboxylic acids is 1. The minimum Gasteiger partial charge on any atom is -0.372 e. The molecular formula is C17H31ClN4O2S. The van der Waals surface area contributed by atoms with Gasteiger partial charge in [0.05, 0.1) is 11.7 Å². The van der Waals surface area contributed by atoms with E-state index in [0.29, 0.717) is 6.61 Å². The minimum absolute atomic E-state index is 0. The summed E-state index contributed by atoms with van der Waals surface area (Å²) in [5, 5.41) is 3.14. The number of hydrogen-bond donors (Lipinski definition) is 1. The summed E-state index contributed by atoms with van der Waals surface area (Å²) in [5.74, 6) is 0.252. The lowest BCUT2D eigenvalue weighted by Gasteiger charge is -2.36. The van der Waals surface area contributed by atoms with Crippen molar-refractivity contribution in [2.24, 2.45) is 11.7 Å². The first kappa shape index (κ1) is 22.3. The van der Waals surface area contributed by atoms with Crippen molar-refractivity contribution in [1.82, 2.24) is 14.8 Å². The summed E-state index contributed by atoms with van der Waals surface area (Å²) < 4.78 is 5.59. The van der Waals surface area contributed by atoms with E-state index in [1.807, 2.05) is 32.6 Å². The van der Waals surface area contributed by atoms with Crippen LogP contribution in [0.15, 0.2) is 5.38 Å². The molecule has 1 fully saturated rings. The number of aromatic nitrogens is 1. The van der Waals surface area contributed by atoms with Gasteiger partial charge in [-0.3, -0.25) is 9.69 Å². The number of piperazine rings is 1. The summed E-state index contributed by atoms with van der Waals surface area (Å²) in [4.78, 5) is 21.2. The monoisotopic (exact) mass is 390 g/mol. The number of carbonyl (C=O) groups is 1. The summed E-state index contributed by atoms with van der Waals surface area (Å²) in [6, 6.07) is -0.391. The Hall–Kier alpha value is -0.730. The highest BCUT2D eigenvalue weighted by Gasteiger charge is 2.27. The molecule has 8 heteroatoms. The van der Waals surface area contributed by atoms with E-state index in [1.165, 1.54) is 0 Å². The highest BCUT2D eigenvalue weighted by Crippen LogP contribution is 2.22. The van der Waals surface area contributed by atoms with Crippen LogP contribution in [0.25, 0.3) is 0 Å². The van der Waals surface area contributed by atoms with E-state index in [4.69, 9.17) is 10.5 Å². The normalized spacial score (nSPS) is 18.1. The molecule has 0 saturated carbocycles. The molecule has 2 heterocycles. The van der Waals surface area contributed by atoms with Crippen LogP contribution in [0.3, 0.4) is 0 Å². The van der Waals surface area contributed by atoms with Crippen LogP contribution < -0.4 is 5.73 Å². The van der Waals surface area contributed by atoms with E-state index in [0.717, 1.165) is 43.4 Å². The van der Waals surface area contributed by atoms with Gasteiger partial charge >= 0.3 is 0 Å². The van der Waals surface area contributed by atoms with Crippen molar-refractivity contribution in [3.63, 3.8) is 0 Å². The Morgan fingerprint density at radius 1 is 1.32 bits per heavy atom. The van der Waals surface area contributed by atoms with Gasteiger partial charge in [0.1, 0.15) is 11.1 Å². The Kier molecular flexibility index (Phi) is 9.30. The van der Waals surface area contributed by atoms with Crippen molar-refractivity contribution >= 4 is 29.7 Å². The van der Waals surface area contributed by atoms with Crippen LogP contribution in [0.4, 0.5) is 0 Å². The van der Waals surface area contributed by atoms with Gasteiger partial charge in [0.25, 0.3) is 0 Å². The van der Waals surface area contributed by atoms with Crippen molar-refractivity contribution < 1.29 is 9.53 Å². The molecule has 0 radical (unpaired) electrons. The topological polar surface area (TPSA) is 71.7 Å². The van der Waals surface area contributed by atoms with Crippen molar-refractivity contribution in [2.75, 3.05) is 32.8 Å². The first-order chi connectivity index (χ1) is 11.4. The smallest absolute Gasteiger partial charge is 0.239 e. The van der Waals surface area contributed by atoms with Crippen molar-refractivity contribution in [2.45, 2.75) is 46.4 Å². The van der Waals surface area contributed by atoms with Gasteiger partial charge in [0.2, 0.25) is 5.91 Å². The molecule has 1 aromatic heterocycles. The molecule has 1 saturated heterocycles. The van der Waals surface area contributed by atoms with Gasteiger partial charge in [-0.2, -0.15) is 0 Å². The number of hydrogen-bond acceptors (Lipinski definition) is 6. The summed E-state index contributed by atoms with van der Waals surface area (Å²) in [5.41, 5.74) is 7.06. The number of nitrogens with zero attached hydrogens (tertiary/aromatic N) is 3. The van der Waals surface area contributed by atoms with Crippen LogP contribution in [-0.2, 0) is 16.1 Å². The van der Waals surface area contributed by atoms with E-state index in [9.17, 15) is 4.79 Å². The molecule has 1 unspecified atom stereocenters. The zero-order chi connectivity index (χ0) is 17.7. The lowest BCUT2D eigenvalue weighted by atomic mass is 10.0. The van der Waals surface area contributed by atoms with Crippen LogP contribution >= 0.6 is 23.7 Å². The van der Waals surface area contributed by atoms with Gasteiger partial charge in [-0.05, 0) is 19.8 Å². The molecule has 2 atom stereocenters. The van der Waals surface area contributed by atoms with Crippen molar-refractivity contribution in [3.8, 4) is 0 Å². The largest absolute Gasteiger partial charge is 0.372 e. The van der Waals surface area contributed by atoms with Gasteiger partial charge < -0.3 is 15.4 Å². The highest BCUT2D eigenvalue weighted by atomic mass is 35.5. The maximum absolute atomic E-state index is 12.3. The first-order valence-corrected chi connectivity index (χ1v) is 9.63. The number of nitrogens with two attached hydrogens (primary N) is 1. The van der Waals surface area contributed by atoms with Crippen molar-refractivity contribution in [3.05, 3.63) is 16.1 Å². The molecule has 0 bridgehead atoms. The number of rotatable bonds is 7. The van der Waals surface area contributed by atoms with E-state index in [2.05, 4.69) is 15.3 Å². The molecule has 2 rings (SSSR count). The third kappa shape index (κ3) is 6.18. The van der Waals surface area contributed by atoms with E-state index in [-0.39, 0.29) is 30.3 Å². The second-order valence-electron chi connectivity index (χ2n) is 6.65. The molecule has 0 aromatic carbocycles. The highest BCUT2D eigenvalue weighted by molar-refractivity contribution is 7.09. The molecule has 1 aliphatic rings. The van der Waals surface area contributed by atoms with E-state index in [1.54, 1.807) is 11.3 Å². The quantitative estimate of drug-likeness (QED) is 0.773. The molecule has 2 N–H and O–H groups in total. The maximum atomic E-state index is 12.3. The van der Waals surface area contributed by atoms with Gasteiger partial charge in [-0.1, -0.05) is 13.8 Å². The SMILES string of the molecule is CCOC(C)c1nc(CN2CCN(C(=O)[C@@H](N)C(C)C)CC2)cs1.Cl. The zero-order valence-electron chi connectivity index (χ0n) is 15.6. The van der Waals surface area contributed by atoms with Crippen LogP contribution in [0.5, 0.6) is 0 Å². The summed E-state index contributed by atoms with van der Waals surface area (Å²) in [6.45, 7) is 12.7. The third-order valence-electron chi connectivity index (χ3n) is 4.41. The summed E-state index contributed by atoms with van der Waals surface area (Å²) >= 11 is 1.65. The number of amides is 1. The lowest BCUT2D eigenvalue weighted by molar-refractivity contribution is -0.135. The van der Waals surface area contributed by atoms with Crippen molar-refractivity contribution in [1.29, 1.82) is 0 Å². The Labute approximate surface area is 161 Å². The second-order valence-corrected chi connectivity index (χ2v) is 7.54. The van der Waals surface area contributed by atoms with Gasteiger partial charge in [0, 0.05) is 44.7 Å². The lowest BCUT2D eigenvalue weighted by Crippen LogP contribution is -2.54. The fourth-order valence-corrected chi connectivity index (χ4v) is 3.57. The Morgan fingerprint density at radius 2 is 1.96 bits per heavy atom. The number of halogens is 1. The molecule has 144 valence electrons. The molecular weight excluding hydrogens is 360 g/mol. The fraction of sp³-hybridized carbons (Fsp3) is 0.765. The zero-order valence-corrected chi connectivity index (χ0v) is 17.2. The fourth-order valence-electron chi connectivity index (χ4n) is 2.75. The van der Waals surface area contributed by atoms with Gasteiger partial charge in [-0.25, -0.2) is 4.98 Å². The third-order valence-corrected chi connectivity index (χ3v) is 5.46. The molecule has 1 aliphatic heterocycles. The maximum Gasteiger partial charge on any atom is 0.239 e. The van der Waals surface area contributed by atoms with E-state index >= 15 is 0 Å². The van der Waals surface area contributed by atoms with Crippen LogP contribution in [0.1, 0.15) is 44.5 Å². The minimum atomic E-state index is -0.391. The molecule has 0 spiro atoms. The summed E-state index contributed by atoms with van der Waals surface area (Å²) in [7, 11) is 0. The number of thiazole rings is 1. The van der Waals surface area contributed by atoms with Gasteiger partial charge in [-0.15, -0.1) is 23.7 Å². The average molecular weight is 391 g/mol. The van der Waals surface area contributed by atoms with Gasteiger partial charge in [0.15, 0.2) is 0 Å². The molecule has 1 aromatic rings. The van der Waals surface area contributed by atoms with Crippen LogP contribution in [0.2, 0.25) is 0 Å². The van der Waals surface area contributed by atoms with Crippen LogP contribution in [0, 0.1) is 5.92 Å². The molecule has 0 aliphatic carbocycles. The predicted molar refractivity (Wildman–Crippen MR) is 104 cm³/mol. The molecule has 6 nitrogen and oxygen atoms in total. The molecule has 1 amide bonds. The standard InChI is InChI=1S/C17H30N4O2S.ClH/c1-5-23-13(4)16-19-14(11-24-16)10-20-6-8-21(9-7-20)17(22)15(18)12(2)3;/h11-13,15H,5-10,18H2,1-4H3;1H/t13?,15-;/m0./s1. The van der Waals surface area contributed by atoms with Crippen LogP contribution in [-0.4, -0.2) is 59.5 Å². The summed E-state index contributed by atoms with van der Waals surface area (Å²) in [6.07, 6.45) is 0.0562. The predicted octanol–water partition coefficient (Wildman–Crippen LogP) is 2.29.